The Kier molecular flexibility index (Phi) is 4.04. The van der Waals surface area contributed by atoms with Gasteiger partial charge in [0.1, 0.15) is 0 Å². The highest BCUT2D eigenvalue weighted by atomic mass is 32.2. The summed E-state index contributed by atoms with van der Waals surface area (Å²) in [6.45, 7) is 1.84. The van der Waals surface area contributed by atoms with Gasteiger partial charge in [0.05, 0.1) is 11.0 Å². The number of para-hydroxylation sites is 2. The van der Waals surface area contributed by atoms with Crippen LogP contribution in [0.2, 0.25) is 0 Å². The Morgan fingerprint density at radius 3 is 2.94 bits per heavy atom. The van der Waals surface area contributed by atoms with Gasteiger partial charge in [-0.15, -0.1) is 0 Å². The first-order valence-corrected chi connectivity index (χ1v) is 6.69. The number of hydrogen-bond donors (Lipinski definition) is 2. The first-order valence-electron chi connectivity index (χ1n) is 5.70. The van der Waals surface area contributed by atoms with Crippen molar-refractivity contribution in [3.05, 3.63) is 35.9 Å². The van der Waals surface area contributed by atoms with Crippen LogP contribution < -0.4 is 0 Å². The fourth-order valence-corrected chi connectivity index (χ4v) is 2.39. The summed E-state index contributed by atoms with van der Waals surface area (Å²) in [4.78, 5) is 18.4. The molecule has 0 aliphatic rings. The van der Waals surface area contributed by atoms with E-state index in [1.54, 1.807) is 6.08 Å². The number of rotatable bonds is 5. The monoisotopic (exact) mass is 262 g/mol. The van der Waals surface area contributed by atoms with Crippen LogP contribution in [0.1, 0.15) is 13.3 Å². The summed E-state index contributed by atoms with van der Waals surface area (Å²) >= 11 is 1.50. The minimum atomic E-state index is -0.845. The van der Waals surface area contributed by atoms with E-state index in [2.05, 4.69) is 9.97 Å². The van der Waals surface area contributed by atoms with Crippen LogP contribution in [0.4, 0.5) is 0 Å². The van der Waals surface area contributed by atoms with E-state index in [4.69, 9.17) is 5.11 Å². The largest absolute Gasteiger partial charge is 0.478 e. The summed E-state index contributed by atoms with van der Waals surface area (Å²) in [5.41, 5.74) is 2.37. The summed E-state index contributed by atoms with van der Waals surface area (Å²) in [5.74, 6) is -0.238. The van der Waals surface area contributed by atoms with E-state index in [1.807, 2.05) is 31.2 Å². The molecule has 1 aromatic heterocycles. The molecule has 18 heavy (non-hydrogen) atoms. The van der Waals surface area contributed by atoms with Gasteiger partial charge in [0, 0.05) is 11.3 Å². The van der Waals surface area contributed by atoms with Gasteiger partial charge >= 0.3 is 5.97 Å². The Labute approximate surface area is 109 Å². The highest BCUT2D eigenvalue weighted by Crippen LogP contribution is 2.19. The van der Waals surface area contributed by atoms with Gasteiger partial charge in [0.15, 0.2) is 5.16 Å². The lowest BCUT2D eigenvalue weighted by Crippen LogP contribution is -1.99. The number of carbonyl (C=O) groups is 1. The lowest BCUT2D eigenvalue weighted by Gasteiger charge is -1.96. The van der Waals surface area contributed by atoms with Gasteiger partial charge in [-0.1, -0.05) is 36.9 Å². The normalized spacial score (nSPS) is 11.9. The third-order valence-corrected chi connectivity index (χ3v) is 3.37. The highest BCUT2D eigenvalue weighted by Gasteiger charge is 2.05. The zero-order valence-corrected chi connectivity index (χ0v) is 10.8. The molecule has 0 saturated heterocycles. The van der Waals surface area contributed by atoms with Crippen molar-refractivity contribution in [2.24, 2.45) is 0 Å². The first-order chi connectivity index (χ1) is 8.70. The number of hydrogen-bond acceptors (Lipinski definition) is 3. The van der Waals surface area contributed by atoms with Crippen molar-refractivity contribution in [3.8, 4) is 0 Å². The number of thioether (sulfide) groups is 1. The molecule has 2 N–H and O–H groups in total. The Balaban J connectivity index is 2.04. The van der Waals surface area contributed by atoms with Crippen LogP contribution in [0.25, 0.3) is 11.0 Å². The molecule has 0 spiro atoms. The topological polar surface area (TPSA) is 66.0 Å². The van der Waals surface area contributed by atoms with E-state index >= 15 is 0 Å². The van der Waals surface area contributed by atoms with Crippen molar-refractivity contribution in [1.82, 2.24) is 9.97 Å². The minimum absolute atomic E-state index is 0.443. The van der Waals surface area contributed by atoms with Crippen LogP contribution in [-0.4, -0.2) is 26.8 Å². The molecule has 0 fully saturated rings. The summed E-state index contributed by atoms with van der Waals surface area (Å²) in [6.07, 6.45) is 2.27. The molecular weight excluding hydrogens is 248 g/mol. The van der Waals surface area contributed by atoms with Crippen molar-refractivity contribution < 1.29 is 9.90 Å². The van der Waals surface area contributed by atoms with E-state index in [9.17, 15) is 4.79 Å². The number of nitrogens with one attached hydrogen (secondary N) is 1. The van der Waals surface area contributed by atoms with E-state index < -0.39 is 5.97 Å². The fourth-order valence-electron chi connectivity index (χ4n) is 1.60. The average Bonchev–Trinajstić information content (AvgIpc) is 2.76. The third-order valence-electron chi connectivity index (χ3n) is 2.57. The standard InChI is InChI=1S/C13H14N2O2S/c1-2-9(12(16)17)7-8-18-13-14-10-5-3-4-6-11(10)15-13/h3-7H,2,8H2,1H3,(H,14,15)(H,16,17). The van der Waals surface area contributed by atoms with Crippen molar-refractivity contribution in [2.45, 2.75) is 18.5 Å². The molecule has 4 nitrogen and oxygen atoms in total. The van der Waals surface area contributed by atoms with Crippen molar-refractivity contribution in [2.75, 3.05) is 5.75 Å². The first kappa shape index (κ1) is 12.7. The number of aromatic amines is 1. The number of imidazole rings is 1. The molecule has 2 rings (SSSR count). The molecule has 0 unspecified atom stereocenters. The SMILES string of the molecule is CCC(=CCSc1nc2ccccc2[nH]1)C(=O)O. The van der Waals surface area contributed by atoms with Crippen molar-refractivity contribution >= 4 is 28.8 Å². The number of benzene rings is 1. The van der Waals surface area contributed by atoms with E-state index in [0.717, 1.165) is 16.2 Å². The number of carboxylic acid groups (broad SMARTS) is 1. The van der Waals surface area contributed by atoms with Crippen LogP contribution in [0, 0.1) is 0 Å². The van der Waals surface area contributed by atoms with Gasteiger partial charge in [0.25, 0.3) is 0 Å². The van der Waals surface area contributed by atoms with Crippen LogP contribution in [0.15, 0.2) is 41.1 Å². The predicted molar refractivity (Wildman–Crippen MR) is 72.8 cm³/mol. The maximum absolute atomic E-state index is 10.8. The Bertz CT molecular complexity index is 556. The molecule has 0 aliphatic carbocycles. The van der Waals surface area contributed by atoms with E-state index in [1.165, 1.54) is 11.8 Å². The minimum Gasteiger partial charge on any atom is -0.478 e. The number of aliphatic carboxylic acids is 1. The number of nitrogens with zero attached hydrogens (tertiary/aromatic N) is 1. The summed E-state index contributed by atoms with van der Waals surface area (Å²) < 4.78 is 0. The molecule has 0 amide bonds. The second-order valence-corrected chi connectivity index (χ2v) is 4.77. The Morgan fingerprint density at radius 2 is 2.28 bits per heavy atom. The van der Waals surface area contributed by atoms with Crippen LogP contribution in [0.3, 0.4) is 0 Å². The number of carboxylic acids is 1. The zero-order valence-electron chi connectivity index (χ0n) is 10.0. The molecule has 94 valence electrons. The van der Waals surface area contributed by atoms with Gasteiger partial charge in [-0.25, -0.2) is 9.78 Å². The van der Waals surface area contributed by atoms with Crippen molar-refractivity contribution in [3.63, 3.8) is 0 Å². The third kappa shape index (κ3) is 2.92. The quantitative estimate of drug-likeness (QED) is 0.642. The molecule has 2 aromatic rings. The molecule has 0 aliphatic heterocycles. The highest BCUT2D eigenvalue weighted by molar-refractivity contribution is 7.99. The van der Waals surface area contributed by atoms with E-state index in [-0.39, 0.29) is 0 Å². The fraction of sp³-hybridized carbons (Fsp3) is 0.231. The lowest BCUT2D eigenvalue weighted by molar-refractivity contribution is -0.132. The molecule has 0 atom stereocenters. The summed E-state index contributed by atoms with van der Waals surface area (Å²) in [5, 5.41) is 9.70. The molecule has 1 aromatic carbocycles. The number of fused-ring (bicyclic) bond motifs is 1. The Hall–Kier alpha value is -1.75. The molecule has 0 saturated carbocycles. The summed E-state index contributed by atoms with van der Waals surface area (Å²) in [7, 11) is 0. The lowest BCUT2D eigenvalue weighted by atomic mass is 10.2. The second kappa shape index (κ2) is 5.73. The van der Waals surface area contributed by atoms with Gasteiger partial charge in [0.2, 0.25) is 0 Å². The van der Waals surface area contributed by atoms with Gasteiger partial charge in [-0.3, -0.25) is 0 Å². The molecule has 0 bridgehead atoms. The molecular formula is C13H14N2O2S. The maximum atomic E-state index is 10.8. The maximum Gasteiger partial charge on any atom is 0.331 e. The van der Waals surface area contributed by atoms with Gasteiger partial charge in [-0.2, -0.15) is 0 Å². The second-order valence-electron chi connectivity index (χ2n) is 3.76. The summed E-state index contributed by atoms with van der Waals surface area (Å²) in [6, 6.07) is 7.81. The number of aromatic nitrogens is 2. The van der Waals surface area contributed by atoms with Crippen LogP contribution in [-0.2, 0) is 4.79 Å². The van der Waals surface area contributed by atoms with Crippen LogP contribution >= 0.6 is 11.8 Å². The van der Waals surface area contributed by atoms with Gasteiger partial charge < -0.3 is 10.1 Å². The average molecular weight is 262 g/mol. The molecule has 5 heteroatoms. The zero-order chi connectivity index (χ0) is 13.0. The van der Waals surface area contributed by atoms with Crippen LogP contribution in [0.5, 0.6) is 0 Å². The van der Waals surface area contributed by atoms with Gasteiger partial charge in [-0.05, 0) is 18.6 Å². The molecule has 1 heterocycles. The van der Waals surface area contributed by atoms with Crippen molar-refractivity contribution in [1.29, 1.82) is 0 Å². The Morgan fingerprint density at radius 1 is 1.50 bits per heavy atom. The smallest absolute Gasteiger partial charge is 0.331 e. The molecule has 0 radical (unpaired) electrons. The predicted octanol–water partition coefficient (Wildman–Crippen LogP) is 3.08. The number of H-pyrrole nitrogens is 1. The van der Waals surface area contributed by atoms with E-state index in [0.29, 0.717) is 17.7 Å².